The van der Waals surface area contributed by atoms with Crippen molar-refractivity contribution in [1.82, 2.24) is 9.80 Å². The van der Waals surface area contributed by atoms with Crippen molar-refractivity contribution in [3.8, 4) is 0 Å². The van der Waals surface area contributed by atoms with Gasteiger partial charge in [-0.25, -0.2) is 0 Å². The molecule has 120 valence electrons. The first-order valence-corrected chi connectivity index (χ1v) is 8.65. The third-order valence-electron chi connectivity index (χ3n) is 4.57. The van der Waals surface area contributed by atoms with E-state index in [0.717, 1.165) is 38.4 Å². The molecule has 6 nitrogen and oxygen atoms in total. The van der Waals surface area contributed by atoms with Gasteiger partial charge in [0, 0.05) is 26.2 Å². The molecule has 2 heterocycles. The molecule has 0 aromatic carbocycles. The molecule has 2 aliphatic heterocycles. The number of nitrogens with two attached hydrogens (primary N) is 1. The van der Waals surface area contributed by atoms with Gasteiger partial charge in [0.25, 0.3) is 0 Å². The molecule has 2 aliphatic rings. The van der Waals surface area contributed by atoms with Gasteiger partial charge in [0.1, 0.15) is 0 Å². The second kappa shape index (κ2) is 6.87. The van der Waals surface area contributed by atoms with Crippen LogP contribution in [-0.2, 0) is 4.79 Å². The first kappa shape index (κ1) is 16.4. The molecule has 0 radical (unpaired) electrons. The number of nitrogens with zero attached hydrogens (tertiary/aromatic N) is 3. The SMILES string of the molecule is CC(C)(C(N)=NO)N1CCN(C(=O)C2CCCCS2)CC1. The third-order valence-corrected chi connectivity index (χ3v) is 5.94. The molecule has 0 bridgehead atoms. The molecule has 21 heavy (non-hydrogen) atoms. The minimum absolute atomic E-state index is 0.155. The van der Waals surface area contributed by atoms with Gasteiger partial charge in [0.05, 0.1) is 10.8 Å². The molecular weight excluding hydrogens is 288 g/mol. The molecule has 2 fully saturated rings. The fourth-order valence-corrected chi connectivity index (χ4v) is 4.19. The number of oxime groups is 1. The van der Waals surface area contributed by atoms with Gasteiger partial charge in [-0.1, -0.05) is 11.6 Å². The molecule has 0 aromatic rings. The molecule has 1 unspecified atom stereocenters. The number of thioether (sulfide) groups is 1. The van der Waals surface area contributed by atoms with Crippen molar-refractivity contribution < 1.29 is 10.0 Å². The maximum Gasteiger partial charge on any atom is 0.235 e. The zero-order valence-electron chi connectivity index (χ0n) is 12.9. The normalized spacial score (nSPS) is 25.9. The van der Waals surface area contributed by atoms with Crippen molar-refractivity contribution in [3.63, 3.8) is 0 Å². The smallest absolute Gasteiger partial charge is 0.235 e. The average Bonchev–Trinajstić information content (AvgIpc) is 2.54. The maximum atomic E-state index is 12.5. The van der Waals surface area contributed by atoms with Crippen LogP contribution in [0.5, 0.6) is 0 Å². The molecule has 2 rings (SSSR count). The second-order valence-electron chi connectivity index (χ2n) is 6.21. The van der Waals surface area contributed by atoms with Gasteiger partial charge in [-0.15, -0.1) is 11.8 Å². The Morgan fingerprint density at radius 3 is 2.48 bits per heavy atom. The Morgan fingerprint density at radius 2 is 1.95 bits per heavy atom. The van der Waals surface area contributed by atoms with E-state index in [0.29, 0.717) is 5.91 Å². The minimum atomic E-state index is -0.483. The number of hydrogen-bond acceptors (Lipinski definition) is 5. The summed E-state index contributed by atoms with van der Waals surface area (Å²) in [6, 6.07) is 0. The van der Waals surface area contributed by atoms with Crippen molar-refractivity contribution >= 4 is 23.5 Å². The van der Waals surface area contributed by atoms with E-state index in [9.17, 15) is 4.79 Å². The Labute approximate surface area is 130 Å². The van der Waals surface area contributed by atoms with Crippen molar-refractivity contribution in [1.29, 1.82) is 0 Å². The van der Waals surface area contributed by atoms with Crippen LogP contribution in [-0.4, -0.2) is 69.5 Å². The molecule has 1 atom stereocenters. The van der Waals surface area contributed by atoms with Gasteiger partial charge in [-0.2, -0.15) is 0 Å². The van der Waals surface area contributed by atoms with Crippen LogP contribution in [0.4, 0.5) is 0 Å². The number of hydrogen-bond donors (Lipinski definition) is 2. The lowest BCUT2D eigenvalue weighted by Crippen LogP contribution is -2.61. The molecule has 0 spiro atoms. The van der Waals surface area contributed by atoms with Crippen molar-refractivity contribution in [3.05, 3.63) is 0 Å². The number of carbonyl (C=O) groups is 1. The molecule has 2 saturated heterocycles. The van der Waals surface area contributed by atoms with E-state index < -0.39 is 5.54 Å². The number of piperazine rings is 1. The number of carbonyl (C=O) groups excluding carboxylic acids is 1. The van der Waals surface area contributed by atoms with E-state index in [1.165, 1.54) is 12.8 Å². The van der Waals surface area contributed by atoms with Gasteiger partial charge in [0.15, 0.2) is 5.84 Å². The van der Waals surface area contributed by atoms with Crippen LogP contribution in [0.25, 0.3) is 0 Å². The summed E-state index contributed by atoms with van der Waals surface area (Å²) in [5.74, 6) is 1.61. The van der Waals surface area contributed by atoms with Crippen molar-refractivity contribution in [2.75, 3.05) is 31.9 Å². The first-order chi connectivity index (χ1) is 9.96. The van der Waals surface area contributed by atoms with Crippen molar-refractivity contribution in [2.24, 2.45) is 10.9 Å². The van der Waals surface area contributed by atoms with E-state index >= 15 is 0 Å². The van der Waals surface area contributed by atoms with Crippen LogP contribution in [0.2, 0.25) is 0 Å². The quantitative estimate of drug-likeness (QED) is 0.351. The molecule has 0 aliphatic carbocycles. The topological polar surface area (TPSA) is 82.2 Å². The summed E-state index contributed by atoms with van der Waals surface area (Å²) in [4.78, 5) is 16.6. The molecule has 0 saturated carbocycles. The van der Waals surface area contributed by atoms with E-state index in [4.69, 9.17) is 10.9 Å². The number of amidine groups is 1. The summed E-state index contributed by atoms with van der Waals surface area (Å²) in [5, 5.41) is 12.2. The second-order valence-corrected chi connectivity index (χ2v) is 7.52. The van der Waals surface area contributed by atoms with Crippen LogP contribution in [0, 0.1) is 0 Å². The lowest BCUT2D eigenvalue weighted by Gasteiger charge is -2.43. The summed E-state index contributed by atoms with van der Waals surface area (Å²) in [6.45, 7) is 6.84. The maximum absolute atomic E-state index is 12.5. The zero-order chi connectivity index (χ0) is 15.5. The highest BCUT2D eigenvalue weighted by Crippen LogP contribution is 2.27. The van der Waals surface area contributed by atoms with Gasteiger partial charge in [-0.05, 0) is 32.4 Å². The Bertz CT molecular complexity index is 400. The molecule has 0 aromatic heterocycles. The predicted molar refractivity (Wildman–Crippen MR) is 85.7 cm³/mol. The fourth-order valence-electron chi connectivity index (χ4n) is 2.91. The molecule has 1 amide bonds. The van der Waals surface area contributed by atoms with Gasteiger partial charge in [-0.3, -0.25) is 9.69 Å². The highest BCUT2D eigenvalue weighted by atomic mass is 32.2. The van der Waals surface area contributed by atoms with Gasteiger partial charge >= 0.3 is 0 Å². The van der Waals surface area contributed by atoms with Gasteiger partial charge < -0.3 is 15.8 Å². The van der Waals surface area contributed by atoms with Crippen LogP contribution in [0.15, 0.2) is 5.16 Å². The van der Waals surface area contributed by atoms with Crippen LogP contribution in [0.1, 0.15) is 33.1 Å². The first-order valence-electron chi connectivity index (χ1n) is 7.60. The van der Waals surface area contributed by atoms with Crippen LogP contribution in [0.3, 0.4) is 0 Å². The molecular formula is C14H26N4O2S. The summed E-state index contributed by atoms with van der Waals surface area (Å²) < 4.78 is 0. The number of amides is 1. The lowest BCUT2D eigenvalue weighted by atomic mass is 10.00. The van der Waals surface area contributed by atoms with E-state index in [2.05, 4.69) is 10.1 Å². The summed E-state index contributed by atoms with van der Waals surface area (Å²) in [5.41, 5.74) is 5.28. The van der Waals surface area contributed by atoms with E-state index in [1.807, 2.05) is 18.7 Å². The largest absolute Gasteiger partial charge is 0.409 e. The van der Waals surface area contributed by atoms with Crippen LogP contribution >= 0.6 is 11.8 Å². The monoisotopic (exact) mass is 314 g/mol. The average molecular weight is 314 g/mol. The summed E-state index contributed by atoms with van der Waals surface area (Å²) in [7, 11) is 0. The molecule has 7 heteroatoms. The van der Waals surface area contributed by atoms with Gasteiger partial charge in [0.2, 0.25) is 5.91 Å². The Hall–Kier alpha value is -0.950. The van der Waals surface area contributed by atoms with Crippen molar-refractivity contribution in [2.45, 2.75) is 43.9 Å². The highest BCUT2D eigenvalue weighted by molar-refractivity contribution is 8.00. The Balaban J connectivity index is 1.89. The minimum Gasteiger partial charge on any atom is -0.409 e. The Morgan fingerprint density at radius 1 is 1.29 bits per heavy atom. The third kappa shape index (κ3) is 3.63. The highest BCUT2D eigenvalue weighted by Gasteiger charge is 2.36. The Kier molecular flexibility index (Phi) is 5.37. The van der Waals surface area contributed by atoms with E-state index in [1.54, 1.807) is 11.8 Å². The van der Waals surface area contributed by atoms with Crippen LogP contribution < -0.4 is 5.73 Å². The standard InChI is InChI=1S/C14H26N4O2S/c1-14(2,13(15)16-20)18-8-6-17(7-9-18)12(19)11-5-3-4-10-21-11/h11,20H,3-10H2,1-2H3,(H2,15,16). The van der Waals surface area contributed by atoms with E-state index in [-0.39, 0.29) is 11.1 Å². The number of rotatable bonds is 3. The zero-order valence-corrected chi connectivity index (χ0v) is 13.7. The summed E-state index contributed by atoms with van der Waals surface area (Å²) in [6.07, 6.45) is 3.41. The summed E-state index contributed by atoms with van der Waals surface area (Å²) >= 11 is 1.80. The fraction of sp³-hybridized carbons (Fsp3) is 0.857. The lowest BCUT2D eigenvalue weighted by molar-refractivity contribution is -0.133. The predicted octanol–water partition coefficient (Wildman–Crippen LogP) is 0.941. The molecule has 3 N–H and O–H groups in total.